The number of aryl methyl sites for hydroxylation is 1. The average Bonchev–Trinajstić information content (AvgIpc) is 2.88. The van der Waals surface area contributed by atoms with Gasteiger partial charge in [0.15, 0.2) is 0 Å². The van der Waals surface area contributed by atoms with Gasteiger partial charge in [-0.15, -0.1) is 0 Å². The highest BCUT2D eigenvalue weighted by Crippen LogP contribution is 2.18. The fraction of sp³-hybridized carbons (Fsp3) is 0.412. The summed E-state index contributed by atoms with van der Waals surface area (Å²) < 4.78 is 1.34. The quantitative estimate of drug-likeness (QED) is 0.756. The van der Waals surface area contributed by atoms with Gasteiger partial charge in [-0.3, -0.25) is 14.7 Å². The molecule has 2 aromatic rings. The van der Waals surface area contributed by atoms with E-state index in [9.17, 15) is 9.59 Å². The topological polar surface area (TPSA) is 87.1 Å². The number of nitrogens with zero attached hydrogens (tertiary/aromatic N) is 1. The lowest BCUT2D eigenvalue weighted by atomic mass is 9.90. The van der Waals surface area contributed by atoms with E-state index in [1.807, 2.05) is 45.0 Å². The summed E-state index contributed by atoms with van der Waals surface area (Å²) in [4.78, 5) is 24.2. The number of carbonyl (C=O) groups is 1. The molecule has 1 aromatic carbocycles. The molecule has 0 saturated carbocycles. The van der Waals surface area contributed by atoms with Crippen molar-refractivity contribution in [2.75, 3.05) is 13.2 Å². The minimum atomic E-state index is -0.334. The van der Waals surface area contributed by atoms with E-state index in [1.54, 1.807) is 0 Å². The normalized spacial score (nSPS) is 11.5. The predicted molar refractivity (Wildman–Crippen MR) is 88.9 cm³/mol. The Hall–Kier alpha value is -2.34. The van der Waals surface area contributed by atoms with Crippen molar-refractivity contribution in [1.82, 2.24) is 15.1 Å². The van der Waals surface area contributed by atoms with E-state index in [0.717, 1.165) is 5.56 Å². The maximum absolute atomic E-state index is 12.2. The summed E-state index contributed by atoms with van der Waals surface area (Å²) in [5.41, 5.74) is 1.51. The van der Waals surface area contributed by atoms with E-state index in [4.69, 9.17) is 5.11 Å². The van der Waals surface area contributed by atoms with Crippen LogP contribution in [0.1, 0.15) is 36.3 Å². The maximum Gasteiger partial charge on any atom is 0.271 e. The maximum atomic E-state index is 12.2. The number of benzene rings is 1. The van der Waals surface area contributed by atoms with Crippen LogP contribution in [0.2, 0.25) is 0 Å². The number of carbonyl (C=O) groups excluding carboxylic acids is 1. The molecule has 1 aromatic heterocycles. The van der Waals surface area contributed by atoms with Crippen LogP contribution >= 0.6 is 0 Å². The van der Waals surface area contributed by atoms with Crippen LogP contribution in [0.25, 0.3) is 5.69 Å². The standard InChI is InChI=1S/C17H23N3O3/c1-12-4-6-13(7-5-12)20-15(22)10-14(19-20)16(23)18-11-17(2,3)8-9-21/h4-7,10,19,21H,8-9,11H2,1-3H3,(H,18,23). The summed E-state index contributed by atoms with van der Waals surface area (Å²) in [7, 11) is 0. The molecule has 1 amide bonds. The molecule has 1 heterocycles. The number of H-pyrrole nitrogens is 1. The molecule has 6 nitrogen and oxygen atoms in total. The third-order valence-electron chi connectivity index (χ3n) is 3.77. The molecule has 124 valence electrons. The van der Waals surface area contributed by atoms with Crippen molar-refractivity contribution in [3.05, 3.63) is 51.9 Å². The van der Waals surface area contributed by atoms with Crippen LogP contribution in [0, 0.1) is 12.3 Å². The van der Waals surface area contributed by atoms with E-state index < -0.39 is 0 Å². The molecule has 0 saturated heterocycles. The molecule has 0 radical (unpaired) electrons. The van der Waals surface area contributed by atoms with E-state index in [0.29, 0.717) is 18.7 Å². The van der Waals surface area contributed by atoms with Crippen LogP contribution in [0.3, 0.4) is 0 Å². The van der Waals surface area contributed by atoms with E-state index >= 15 is 0 Å². The second-order valence-corrected chi connectivity index (χ2v) is 6.50. The van der Waals surface area contributed by atoms with Crippen LogP contribution in [0.4, 0.5) is 0 Å². The van der Waals surface area contributed by atoms with Gasteiger partial charge in [0.2, 0.25) is 0 Å². The van der Waals surface area contributed by atoms with Crippen molar-refractivity contribution in [1.29, 1.82) is 0 Å². The average molecular weight is 317 g/mol. The fourth-order valence-electron chi connectivity index (χ4n) is 2.20. The zero-order valence-corrected chi connectivity index (χ0v) is 13.7. The molecule has 0 aliphatic carbocycles. The van der Waals surface area contributed by atoms with Crippen molar-refractivity contribution in [3.63, 3.8) is 0 Å². The summed E-state index contributed by atoms with van der Waals surface area (Å²) in [6, 6.07) is 8.73. The minimum Gasteiger partial charge on any atom is -0.396 e. The van der Waals surface area contributed by atoms with Crippen LogP contribution in [0.15, 0.2) is 35.1 Å². The largest absolute Gasteiger partial charge is 0.396 e. The molecule has 0 aliphatic heterocycles. The Morgan fingerprint density at radius 2 is 1.96 bits per heavy atom. The fourth-order valence-corrected chi connectivity index (χ4v) is 2.20. The van der Waals surface area contributed by atoms with Gasteiger partial charge in [-0.05, 0) is 30.9 Å². The molecule has 0 unspecified atom stereocenters. The lowest BCUT2D eigenvalue weighted by molar-refractivity contribution is 0.0923. The summed E-state index contributed by atoms with van der Waals surface area (Å²) in [6.45, 7) is 6.38. The van der Waals surface area contributed by atoms with Gasteiger partial charge < -0.3 is 10.4 Å². The molecule has 0 bridgehead atoms. The smallest absolute Gasteiger partial charge is 0.271 e. The van der Waals surface area contributed by atoms with Crippen molar-refractivity contribution in [3.8, 4) is 5.69 Å². The van der Waals surface area contributed by atoms with Gasteiger partial charge in [0.1, 0.15) is 5.69 Å². The minimum absolute atomic E-state index is 0.0729. The summed E-state index contributed by atoms with van der Waals surface area (Å²) in [6.07, 6.45) is 0.591. The second-order valence-electron chi connectivity index (χ2n) is 6.50. The van der Waals surface area contributed by atoms with Gasteiger partial charge in [0.05, 0.1) is 5.69 Å². The van der Waals surface area contributed by atoms with Gasteiger partial charge in [0.25, 0.3) is 11.5 Å². The first kappa shape index (κ1) is 17.0. The molecular formula is C17H23N3O3. The molecule has 0 fully saturated rings. The van der Waals surface area contributed by atoms with Gasteiger partial charge in [-0.1, -0.05) is 31.5 Å². The first-order chi connectivity index (χ1) is 10.8. The third kappa shape index (κ3) is 4.32. The molecule has 0 atom stereocenters. The number of nitrogens with one attached hydrogen (secondary N) is 2. The number of aromatic nitrogens is 2. The highest BCUT2D eigenvalue weighted by atomic mass is 16.3. The SMILES string of the molecule is Cc1ccc(-n2[nH]c(C(=O)NCC(C)(C)CCO)cc2=O)cc1. The Bertz CT molecular complexity index is 726. The lowest BCUT2D eigenvalue weighted by Crippen LogP contribution is -2.34. The molecule has 23 heavy (non-hydrogen) atoms. The second kappa shape index (κ2) is 6.83. The van der Waals surface area contributed by atoms with E-state index in [2.05, 4.69) is 10.4 Å². The Labute approximate surface area is 135 Å². The lowest BCUT2D eigenvalue weighted by Gasteiger charge is -2.23. The molecular weight excluding hydrogens is 294 g/mol. The van der Waals surface area contributed by atoms with E-state index in [1.165, 1.54) is 10.7 Å². The Morgan fingerprint density at radius 1 is 1.30 bits per heavy atom. The van der Waals surface area contributed by atoms with Crippen molar-refractivity contribution >= 4 is 5.91 Å². The molecule has 3 N–H and O–H groups in total. The zero-order valence-electron chi connectivity index (χ0n) is 13.7. The van der Waals surface area contributed by atoms with Crippen molar-refractivity contribution in [2.45, 2.75) is 27.2 Å². The number of hydrogen-bond donors (Lipinski definition) is 3. The van der Waals surface area contributed by atoms with Gasteiger partial charge >= 0.3 is 0 Å². The first-order valence-electron chi connectivity index (χ1n) is 7.60. The monoisotopic (exact) mass is 317 g/mol. The van der Waals surface area contributed by atoms with Crippen molar-refractivity contribution in [2.24, 2.45) is 5.41 Å². The number of aliphatic hydroxyl groups is 1. The van der Waals surface area contributed by atoms with Crippen LogP contribution < -0.4 is 10.9 Å². The van der Waals surface area contributed by atoms with Crippen LogP contribution in [-0.2, 0) is 0 Å². The van der Waals surface area contributed by atoms with Gasteiger partial charge in [-0.2, -0.15) is 0 Å². The van der Waals surface area contributed by atoms with Crippen LogP contribution in [0.5, 0.6) is 0 Å². The van der Waals surface area contributed by atoms with E-state index in [-0.39, 0.29) is 29.2 Å². The Balaban J connectivity index is 2.13. The van der Waals surface area contributed by atoms with Crippen LogP contribution in [-0.4, -0.2) is 33.9 Å². The molecule has 0 aliphatic rings. The number of aliphatic hydroxyl groups excluding tert-OH is 1. The third-order valence-corrected chi connectivity index (χ3v) is 3.77. The highest BCUT2D eigenvalue weighted by molar-refractivity contribution is 5.92. The number of aromatic amines is 1. The summed E-state index contributed by atoms with van der Waals surface area (Å²) in [5.74, 6) is -0.334. The molecule has 0 spiro atoms. The van der Waals surface area contributed by atoms with Gasteiger partial charge in [0, 0.05) is 19.2 Å². The highest BCUT2D eigenvalue weighted by Gasteiger charge is 2.19. The first-order valence-corrected chi connectivity index (χ1v) is 7.60. The number of rotatable bonds is 6. The summed E-state index contributed by atoms with van der Waals surface area (Å²) in [5, 5.41) is 14.6. The van der Waals surface area contributed by atoms with Crippen molar-refractivity contribution < 1.29 is 9.90 Å². The molecule has 2 rings (SSSR count). The zero-order chi connectivity index (χ0) is 17.0. The Morgan fingerprint density at radius 3 is 2.57 bits per heavy atom. The Kier molecular flexibility index (Phi) is 5.05. The number of hydrogen-bond acceptors (Lipinski definition) is 3. The number of amides is 1. The molecule has 6 heteroatoms. The predicted octanol–water partition coefficient (Wildman–Crippen LogP) is 1.61. The summed E-state index contributed by atoms with van der Waals surface area (Å²) >= 11 is 0. The van der Waals surface area contributed by atoms with Gasteiger partial charge in [-0.25, -0.2) is 4.68 Å².